The summed E-state index contributed by atoms with van der Waals surface area (Å²) in [4.78, 5) is 11.1. The van der Waals surface area contributed by atoms with Crippen LogP contribution in [0.1, 0.15) is 18.4 Å². The van der Waals surface area contributed by atoms with Crippen LogP contribution in [0.4, 0.5) is 0 Å². The molecule has 1 aliphatic rings. The summed E-state index contributed by atoms with van der Waals surface area (Å²) >= 11 is 11.7. The molecule has 1 aromatic rings. The van der Waals surface area contributed by atoms with Gasteiger partial charge in [-0.25, -0.2) is 0 Å². The van der Waals surface area contributed by atoms with Gasteiger partial charge < -0.3 is 5.11 Å². The Kier molecular flexibility index (Phi) is 3.41. The van der Waals surface area contributed by atoms with Gasteiger partial charge in [0, 0.05) is 0 Å². The first-order valence-electron chi connectivity index (χ1n) is 5.24. The van der Waals surface area contributed by atoms with Gasteiger partial charge in [-0.15, -0.1) is 0 Å². The first-order valence-corrected chi connectivity index (χ1v) is 6.00. The number of hydrogen-bond donors (Lipinski definition) is 1. The van der Waals surface area contributed by atoms with Crippen molar-refractivity contribution in [3.8, 4) is 0 Å². The smallest absolute Gasteiger partial charge is 0.307 e. The third kappa shape index (κ3) is 2.69. The number of carbonyl (C=O) groups is 1. The van der Waals surface area contributed by atoms with E-state index >= 15 is 0 Å². The molecule has 1 N–H and O–H groups in total. The summed E-state index contributed by atoms with van der Waals surface area (Å²) in [5.74, 6) is -0.655. The summed E-state index contributed by atoms with van der Waals surface area (Å²) in [7, 11) is 0. The second-order valence-corrected chi connectivity index (χ2v) is 5.05. The Morgan fingerprint density at radius 2 is 2.06 bits per heavy atom. The van der Waals surface area contributed by atoms with Gasteiger partial charge in [-0.05, 0) is 42.9 Å². The average molecular weight is 259 g/mol. The van der Waals surface area contributed by atoms with Crippen LogP contribution in [0.2, 0.25) is 10.0 Å². The monoisotopic (exact) mass is 258 g/mol. The molecule has 4 heteroatoms. The molecule has 0 bridgehead atoms. The van der Waals surface area contributed by atoms with Crippen LogP contribution in [0.15, 0.2) is 18.2 Å². The van der Waals surface area contributed by atoms with Crippen molar-refractivity contribution in [1.29, 1.82) is 0 Å². The van der Waals surface area contributed by atoms with Crippen molar-refractivity contribution in [2.45, 2.75) is 19.3 Å². The lowest BCUT2D eigenvalue weighted by Gasteiger charge is -2.11. The van der Waals surface area contributed by atoms with Crippen molar-refractivity contribution >= 4 is 29.2 Å². The van der Waals surface area contributed by atoms with Gasteiger partial charge in [-0.1, -0.05) is 29.3 Å². The minimum absolute atomic E-state index is 0.280. The Morgan fingerprint density at radius 3 is 2.56 bits per heavy atom. The molecule has 1 saturated carbocycles. The molecule has 0 radical (unpaired) electrons. The number of aliphatic carboxylic acids is 1. The number of hydrogen-bond acceptors (Lipinski definition) is 1. The molecule has 0 aromatic heterocycles. The topological polar surface area (TPSA) is 37.3 Å². The van der Waals surface area contributed by atoms with Gasteiger partial charge in [0.05, 0.1) is 16.0 Å². The molecule has 16 heavy (non-hydrogen) atoms. The Bertz CT molecular complexity index is 413. The molecular formula is C12H12Cl2O2. The van der Waals surface area contributed by atoms with Crippen LogP contribution < -0.4 is 0 Å². The summed E-state index contributed by atoms with van der Waals surface area (Å²) in [5.41, 5.74) is 0.939. The van der Waals surface area contributed by atoms with Crippen LogP contribution in [-0.4, -0.2) is 11.1 Å². The zero-order chi connectivity index (χ0) is 11.7. The van der Waals surface area contributed by atoms with Crippen LogP contribution in [0, 0.1) is 11.8 Å². The van der Waals surface area contributed by atoms with E-state index in [1.165, 1.54) is 0 Å². The van der Waals surface area contributed by atoms with Gasteiger partial charge in [0.2, 0.25) is 0 Å². The predicted molar refractivity (Wildman–Crippen MR) is 64.0 cm³/mol. The molecule has 0 spiro atoms. The fourth-order valence-corrected chi connectivity index (χ4v) is 2.20. The van der Waals surface area contributed by atoms with E-state index in [0.717, 1.165) is 18.4 Å². The molecule has 0 saturated heterocycles. The van der Waals surface area contributed by atoms with E-state index in [0.29, 0.717) is 22.4 Å². The third-order valence-corrected chi connectivity index (χ3v) is 3.69. The molecular weight excluding hydrogens is 247 g/mol. The lowest BCUT2D eigenvalue weighted by Crippen LogP contribution is -2.18. The van der Waals surface area contributed by atoms with Gasteiger partial charge in [0.25, 0.3) is 0 Å². The van der Waals surface area contributed by atoms with E-state index in [2.05, 4.69) is 0 Å². The quantitative estimate of drug-likeness (QED) is 0.896. The van der Waals surface area contributed by atoms with Gasteiger partial charge in [-0.3, -0.25) is 4.79 Å². The molecule has 1 aromatic carbocycles. The molecule has 1 fully saturated rings. The van der Waals surface area contributed by atoms with Crippen LogP contribution in [0.25, 0.3) is 0 Å². The largest absolute Gasteiger partial charge is 0.481 e. The fraction of sp³-hybridized carbons (Fsp3) is 0.417. The molecule has 1 atom stereocenters. The van der Waals surface area contributed by atoms with Crippen molar-refractivity contribution in [2.75, 3.05) is 0 Å². The lowest BCUT2D eigenvalue weighted by molar-refractivity contribution is -0.142. The third-order valence-electron chi connectivity index (χ3n) is 2.95. The van der Waals surface area contributed by atoms with Gasteiger partial charge >= 0.3 is 5.97 Å². The Hall–Kier alpha value is -0.730. The van der Waals surface area contributed by atoms with Crippen LogP contribution in [0.5, 0.6) is 0 Å². The summed E-state index contributed by atoms with van der Waals surface area (Å²) in [6.07, 6.45) is 2.59. The van der Waals surface area contributed by atoms with Crippen molar-refractivity contribution in [3.63, 3.8) is 0 Å². The highest BCUT2D eigenvalue weighted by Gasteiger charge is 2.36. The number of benzene rings is 1. The highest BCUT2D eigenvalue weighted by atomic mass is 35.5. The number of halogens is 2. The normalized spacial score (nSPS) is 17.1. The molecule has 2 nitrogen and oxygen atoms in total. The summed E-state index contributed by atoms with van der Waals surface area (Å²) in [6, 6.07) is 5.31. The predicted octanol–water partition coefficient (Wildman–Crippen LogP) is 3.65. The first kappa shape index (κ1) is 11.7. The van der Waals surface area contributed by atoms with E-state index < -0.39 is 5.97 Å². The molecule has 2 rings (SSSR count). The summed E-state index contributed by atoms with van der Waals surface area (Å²) in [5, 5.41) is 10.1. The minimum atomic E-state index is -0.714. The highest BCUT2D eigenvalue weighted by Crippen LogP contribution is 2.39. The summed E-state index contributed by atoms with van der Waals surface area (Å²) < 4.78 is 0. The number of rotatable bonds is 4. The molecule has 0 aliphatic heterocycles. The SMILES string of the molecule is O=C(O)C(Cc1ccc(Cl)c(Cl)c1)C1CC1. The van der Waals surface area contributed by atoms with E-state index in [1.54, 1.807) is 12.1 Å². The maximum Gasteiger partial charge on any atom is 0.307 e. The maximum atomic E-state index is 11.1. The Balaban J connectivity index is 2.12. The highest BCUT2D eigenvalue weighted by molar-refractivity contribution is 6.42. The molecule has 0 heterocycles. The van der Waals surface area contributed by atoms with Crippen molar-refractivity contribution in [1.82, 2.24) is 0 Å². The zero-order valence-corrected chi connectivity index (χ0v) is 10.1. The standard InChI is InChI=1S/C12H12Cl2O2/c13-10-4-1-7(6-11(10)14)5-9(12(15)16)8-2-3-8/h1,4,6,8-9H,2-3,5H2,(H,15,16). The Labute approximate surface area is 104 Å². The van der Waals surface area contributed by atoms with Crippen LogP contribution >= 0.6 is 23.2 Å². The molecule has 1 unspecified atom stereocenters. The molecule has 0 amide bonds. The van der Waals surface area contributed by atoms with Gasteiger partial charge in [0.1, 0.15) is 0 Å². The lowest BCUT2D eigenvalue weighted by atomic mass is 9.95. The maximum absolute atomic E-state index is 11.1. The fourth-order valence-electron chi connectivity index (χ4n) is 1.87. The average Bonchev–Trinajstić information content (AvgIpc) is 3.03. The van der Waals surface area contributed by atoms with Gasteiger partial charge in [-0.2, -0.15) is 0 Å². The van der Waals surface area contributed by atoms with Crippen molar-refractivity contribution in [3.05, 3.63) is 33.8 Å². The van der Waals surface area contributed by atoms with E-state index in [-0.39, 0.29) is 5.92 Å². The molecule has 86 valence electrons. The van der Waals surface area contributed by atoms with Crippen molar-refractivity contribution in [2.24, 2.45) is 11.8 Å². The molecule has 1 aliphatic carbocycles. The van der Waals surface area contributed by atoms with E-state index in [4.69, 9.17) is 28.3 Å². The summed E-state index contributed by atoms with van der Waals surface area (Å²) in [6.45, 7) is 0. The first-order chi connectivity index (χ1) is 7.58. The Morgan fingerprint density at radius 1 is 1.38 bits per heavy atom. The second-order valence-electron chi connectivity index (χ2n) is 4.23. The zero-order valence-electron chi connectivity index (χ0n) is 8.62. The number of carboxylic acids is 1. The van der Waals surface area contributed by atoms with E-state index in [1.807, 2.05) is 6.07 Å². The minimum Gasteiger partial charge on any atom is -0.481 e. The second kappa shape index (κ2) is 4.64. The van der Waals surface area contributed by atoms with Crippen molar-refractivity contribution < 1.29 is 9.90 Å². The van der Waals surface area contributed by atoms with E-state index in [9.17, 15) is 4.79 Å². The number of carboxylic acid groups (broad SMARTS) is 1. The van der Waals surface area contributed by atoms with Crippen LogP contribution in [0.3, 0.4) is 0 Å². The van der Waals surface area contributed by atoms with Gasteiger partial charge in [0.15, 0.2) is 0 Å². The van der Waals surface area contributed by atoms with Crippen LogP contribution in [-0.2, 0) is 11.2 Å².